The van der Waals surface area contributed by atoms with Crippen LogP contribution in [-0.2, 0) is 19.6 Å². The van der Waals surface area contributed by atoms with Gasteiger partial charge in [0, 0.05) is 32.5 Å². The van der Waals surface area contributed by atoms with Gasteiger partial charge < -0.3 is 10.0 Å². The molecule has 1 fully saturated rings. The summed E-state index contributed by atoms with van der Waals surface area (Å²) >= 11 is 0. The second kappa shape index (κ2) is 6.85. The van der Waals surface area contributed by atoms with Crippen molar-refractivity contribution in [2.45, 2.75) is 38.6 Å². The van der Waals surface area contributed by atoms with Gasteiger partial charge in [-0.2, -0.15) is 0 Å². The van der Waals surface area contributed by atoms with E-state index in [9.17, 15) is 18.0 Å². The highest BCUT2D eigenvalue weighted by atomic mass is 32.2. The van der Waals surface area contributed by atoms with Crippen molar-refractivity contribution >= 4 is 21.9 Å². The molecule has 7 nitrogen and oxygen atoms in total. The Hall–Kier alpha value is -1.15. The third kappa shape index (κ3) is 6.02. The van der Waals surface area contributed by atoms with E-state index in [0.29, 0.717) is 25.9 Å². The topological polar surface area (TPSA) is 104 Å². The third-order valence-corrected chi connectivity index (χ3v) is 4.61. The Morgan fingerprint density at radius 3 is 2.37 bits per heavy atom. The van der Waals surface area contributed by atoms with Crippen molar-refractivity contribution < 1.29 is 23.1 Å². The maximum Gasteiger partial charge on any atom is 0.303 e. The van der Waals surface area contributed by atoms with Crippen LogP contribution in [0.3, 0.4) is 0 Å². The number of hydrogen-bond donors (Lipinski definition) is 2. The van der Waals surface area contributed by atoms with Crippen LogP contribution in [0.15, 0.2) is 0 Å². The van der Waals surface area contributed by atoms with E-state index < -0.39 is 16.0 Å². The summed E-state index contributed by atoms with van der Waals surface area (Å²) in [5, 5.41) is 8.46. The van der Waals surface area contributed by atoms with Crippen LogP contribution in [0.5, 0.6) is 0 Å². The molecular weight excluding hydrogens is 272 g/mol. The predicted octanol–water partition coefficient (Wildman–Crippen LogP) is -0.218. The van der Waals surface area contributed by atoms with Crippen molar-refractivity contribution in [3.05, 3.63) is 0 Å². The first-order chi connectivity index (χ1) is 8.80. The normalized spacial score (nSPS) is 17.4. The largest absolute Gasteiger partial charge is 0.481 e. The fourth-order valence-electron chi connectivity index (χ4n) is 2.04. The molecule has 2 N–H and O–H groups in total. The highest BCUT2D eigenvalue weighted by Gasteiger charge is 2.24. The number of hydrogen-bond acceptors (Lipinski definition) is 4. The zero-order valence-electron chi connectivity index (χ0n) is 11.0. The van der Waals surface area contributed by atoms with Gasteiger partial charge in [0.15, 0.2) is 0 Å². The van der Waals surface area contributed by atoms with E-state index in [0.717, 1.165) is 0 Å². The molecule has 1 amide bonds. The number of aliphatic carboxylic acids is 1. The summed E-state index contributed by atoms with van der Waals surface area (Å²) in [4.78, 5) is 23.1. The van der Waals surface area contributed by atoms with Crippen LogP contribution in [0.1, 0.15) is 32.6 Å². The average Bonchev–Trinajstić information content (AvgIpc) is 2.28. The third-order valence-electron chi connectivity index (χ3n) is 3.09. The number of likely N-dealkylation sites (tertiary alicyclic amines) is 1. The summed E-state index contributed by atoms with van der Waals surface area (Å²) < 4.78 is 26.0. The summed E-state index contributed by atoms with van der Waals surface area (Å²) in [6.07, 6.45) is 1.15. The molecule has 0 aromatic heterocycles. The number of carbonyl (C=O) groups is 2. The predicted molar refractivity (Wildman–Crippen MR) is 69.1 cm³/mol. The summed E-state index contributed by atoms with van der Waals surface area (Å²) in [6.45, 7) is 2.60. The zero-order chi connectivity index (χ0) is 14.5. The SMILES string of the molecule is CC(=O)N1CCC(NS(=O)(=O)CCCC(=O)O)CC1. The molecule has 19 heavy (non-hydrogen) atoms. The molecule has 0 aromatic rings. The molecule has 8 heteroatoms. The van der Waals surface area contributed by atoms with E-state index in [1.807, 2.05) is 0 Å². The van der Waals surface area contributed by atoms with Gasteiger partial charge in [0.25, 0.3) is 0 Å². The minimum atomic E-state index is -3.43. The Labute approximate surface area is 113 Å². The lowest BCUT2D eigenvalue weighted by molar-refractivity contribution is -0.137. The van der Waals surface area contributed by atoms with Gasteiger partial charge >= 0.3 is 5.97 Å². The van der Waals surface area contributed by atoms with Crippen molar-refractivity contribution in [1.29, 1.82) is 0 Å². The van der Waals surface area contributed by atoms with Crippen LogP contribution >= 0.6 is 0 Å². The summed E-state index contributed by atoms with van der Waals surface area (Å²) in [6, 6.07) is -0.162. The van der Waals surface area contributed by atoms with Gasteiger partial charge in [-0.1, -0.05) is 0 Å². The molecule has 0 aromatic carbocycles. The molecule has 0 aliphatic carbocycles. The van der Waals surface area contributed by atoms with Gasteiger partial charge in [0.1, 0.15) is 0 Å². The van der Waals surface area contributed by atoms with E-state index in [4.69, 9.17) is 5.11 Å². The summed E-state index contributed by atoms with van der Waals surface area (Å²) in [5.74, 6) is -1.17. The number of sulfonamides is 1. The van der Waals surface area contributed by atoms with Crippen LogP contribution < -0.4 is 4.72 Å². The molecule has 0 bridgehead atoms. The second-order valence-electron chi connectivity index (χ2n) is 4.71. The minimum absolute atomic E-state index is 0.00256. The number of nitrogens with one attached hydrogen (secondary N) is 1. The van der Waals surface area contributed by atoms with Crippen LogP contribution in [-0.4, -0.2) is 55.2 Å². The van der Waals surface area contributed by atoms with Crippen molar-refractivity contribution in [3.63, 3.8) is 0 Å². The van der Waals surface area contributed by atoms with Crippen molar-refractivity contribution in [1.82, 2.24) is 9.62 Å². The highest BCUT2D eigenvalue weighted by Crippen LogP contribution is 2.11. The van der Waals surface area contributed by atoms with E-state index >= 15 is 0 Å². The van der Waals surface area contributed by atoms with Crippen molar-refractivity contribution in [2.24, 2.45) is 0 Å². The quantitative estimate of drug-likeness (QED) is 0.704. The Kier molecular flexibility index (Phi) is 5.74. The van der Waals surface area contributed by atoms with Crippen molar-refractivity contribution in [3.8, 4) is 0 Å². The van der Waals surface area contributed by atoms with E-state index in [-0.39, 0.29) is 30.5 Å². The number of carboxylic acids is 1. The Morgan fingerprint density at radius 1 is 1.32 bits per heavy atom. The fourth-order valence-corrected chi connectivity index (χ4v) is 3.42. The highest BCUT2D eigenvalue weighted by molar-refractivity contribution is 7.89. The van der Waals surface area contributed by atoms with E-state index in [1.54, 1.807) is 4.90 Å². The van der Waals surface area contributed by atoms with Gasteiger partial charge in [-0.15, -0.1) is 0 Å². The molecule has 1 saturated heterocycles. The fraction of sp³-hybridized carbons (Fsp3) is 0.818. The number of nitrogens with zero attached hydrogens (tertiary/aromatic N) is 1. The van der Waals surface area contributed by atoms with Gasteiger partial charge in [0.05, 0.1) is 5.75 Å². The Morgan fingerprint density at radius 2 is 1.89 bits per heavy atom. The number of carbonyl (C=O) groups excluding carboxylic acids is 1. The van der Waals surface area contributed by atoms with Crippen molar-refractivity contribution in [2.75, 3.05) is 18.8 Å². The molecule has 0 radical (unpaired) electrons. The second-order valence-corrected chi connectivity index (χ2v) is 6.59. The lowest BCUT2D eigenvalue weighted by Gasteiger charge is -2.31. The summed E-state index contributed by atoms with van der Waals surface area (Å²) in [5.41, 5.74) is 0. The molecule has 0 saturated carbocycles. The van der Waals surface area contributed by atoms with Gasteiger partial charge in [-0.05, 0) is 19.3 Å². The smallest absolute Gasteiger partial charge is 0.303 e. The first-order valence-corrected chi connectivity index (χ1v) is 7.93. The van der Waals surface area contributed by atoms with Crippen LogP contribution in [0.4, 0.5) is 0 Å². The molecule has 110 valence electrons. The van der Waals surface area contributed by atoms with Crippen LogP contribution in [0, 0.1) is 0 Å². The number of amides is 1. The lowest BCUT2D eigenvalue weighted by Crippen LogP contribution is -2.46. The number of carboxylic acid groups (broad SMARTS) is 1. The molecule has 0 spiro atoms. The first-order valence-electron chi connectivity index (χ1n) is 6.27. The Bertz CT molecular complexity index is 426. The number of piperidine rings is 1. The van der Waals surface area contributed by atoms with Gasteiger partial charge in [-0.3, -0.25) is 9.59 Å². The molecule has 1 heterocycles. The van der Waals surface area contributed by atoms with Gasteiger partial charge in [-0.25, -0.2) is 13.1 Å². The van der Waals surface area contributed by atoms with Crippen LogP contribution in [0.25, 0.3) is 0 Å². The zero-order valence-corrected chi connectivity index (χ0v) is 11.8. The average molecular weight is 292 g/mol. The molecule has 0 atom stereocenters. The molecule has 1 aliphatic rings. The lowest BCUT2D eigenvalue weighted by atomic mass is 10.1. The summed E-state index contributed by atoms with van der Waals surface area (Å²) in [7, 11) is -3.43. The van der Waals surface area contributed by atoms with E-state index in [2.05, 4.69) is 4.72 Å². The maximum absolute atomic E-state index is 11.7. The minimum Gasteiger partial charge on any atom is -0.481 e. The monoisotopic (exact) mass is 292 g/mol. The molecular formula is C11H20N2O5S. The first kappa shape index (κ1) is 15.9. The molecule has 1 rings (SSSR count). The van der Waals surface area contributed by atoms with E-state index in [1.165, 1.54) is 6.92 Å². The number of rotatable bonds is 6. The Balaban J connectivity index is 2.35. The van der Waals surface area contributed by atoms with Crippen LogP contribution in [0.2, 0.25) is 0 Å². The van der Waals surface area contributed by atoms with Gasteiger partial charge in [0.2, 0.25) is 15.9 Å². The standard InChI is InChI=1S/C11H20N2O5S/c1-9(14)13-6-4-10(5-7-13)12-19(17,18)8-2-3-11(15)16/h10,12H,2-8H2,1H3,(H,15,16). The maximum atomic E-state index is 11.7. The molecule has 0 unspecified atom stereocenters. The molecule has 1 aliphatic heterocycles.